The van der Waals surface area contributed by atoms with E-state index in [2.05, 4.69) is 30.4 Å². The molecule has 0 radical (unpaired) electrons. The molecule has 2 fully saturated rings. The van der Waals surface area contributed by atoms with Gasteiger partial charge in [-0.25, -0.2) is 0 Å². The molecular weight excluding hydrogens is 230 g/mol. The molecule has 0 aromatic heterocycles. The molecule has 0 amide bonds. The summed E-state index contributed by atoms with van der Waals surface area (Å²) in [4.78, 5) is 1.43. The molecular formula is C14H19NOS. The second-order valence-electron chi connectivity index (χ2n) is 5.04. The van der Waals surface area contributed by atoms with Crippen LogP contribution in [0.15, 0.2) is 23.1 Å². The van der Waals surface area contributed by atoms with Gasteiger partial charge >= 0.3 is 0 Å². The van der Waals surface area contributed by atoms with Gasteiger partial charge in [0.1, 0.15) is 0 Å². The molecule has 1 aliphatic carbocycles. The fraction of sp³-hybridized carbons (Fsp3) is 0.571. The van der Waals surface area contributed by atoms with Crippen molar-refractivity contribution in [1.29, 1.82) is 0 Å². The lowest BCUT2D eigenvalue weighted by Gasteiger charge is -2.26. The summed E-state index contributed by atoms with van der Waals surface area (Å²) in [6, 6.07) is 7.57. The van der Waals surface area contributed by atoms with Crippen LogP contribution in [0.3, 0.4) is 0 Å². The maximum atomic E-state index is 5.24. The largest absolute Gasteiger partial charge is 0.379 e. The molecule has 1 aliphatic heterocycles. The minimum atomic E-state index is 0.664. The van der Waals surface area contributed by atoms with Gasteiger partial charge in [0.2, 0.25) is 0 Å². The third-order valence-electron chi connectivity index (χ3n) is 3.28. The molecule has 3 heteroatoms. The first-order valence-electron chi connectivity index (χ1n) is 6.38. The summed E-state index contributed by atoms with van der Waals surface area (Å²) in [5.41, 5.74) is 2.81. The first-order chi connectivity index (χ1) is 8.31. The van der Waals surface area contributed by atoms with Gasteiger partial charge in [0.15, 0.2) is 0 Å². The molecule has 1 aromatic rings. The highest BCUT2D eigenvalue weighted by molar-refractivity contribution is 8.00. The summed E-state index contributed by atoms with van der Waals surface area (Å²) < 4.78 is 5.24. The van der Waals surface area contributed by atoms with Crippen LogP contribution in [0.2, 0.25) is 0 Å². The van der Waals surface area contributed by atoms with Crippen LogP contribution in [0.1, 0.15) is 24.0 Å². The number of aryl methyl sites for hydroxylation is 1. The smallest absolute Gasteiger partial charge is 0.0611 e. The van der Waals surface area contributed by atoms with E-state index in [9.17, 15) is 0 Å². The van der Waals surface area contributed by atoms with Crippen LogP contribution in [-0.2, 0) is 11.3 Å². The van der Waals surface area contributed by atoms with Gasteiger partial charge in [-0.1, -0.05) is 17.7 Å². The van der Waals surface area contributed by atoms with E-state index in [1.165, 1.54) is 28.9 Å². The average molecular weight is 249 g/mol. The molecule has 2 nitrogen and oxygen atoms in total. The quantitative estimate of drug-likeness (QED) is 0.867. The minimum Gasteiger partial charge on any atom is -0.379 e. The molecule has 0 bridgehead atoms. The van der Waals surface area contributed by atoms with E-state index in [0.717, 1.165) is 25.8 Å². The Balaban J connectivity index is 1.69. The zero-order valence-electron chi connectivity index (χ0n) is 10.2. The zero-order valence-corrected chi connectivity index (χ0v) is 11.1. The van der Waals surface area contributed by atoms with Crippen LogP contribution in [0.5, 0.6) is 0 Å². The normalized spacial score (nSPS) is 20.3. The van der Waals surface area contributed by atoms with Crippen molar-refractivity contribution in [2.24, 2.45) is 0 Å². The molecule has 1 heterocycles. The Morgan fingerprint density at radius 1 is 1.35 bits per heavy atom. The van der Waals surface area contributed by atoms with Crippen molar-refractivity contribution in [3.05, 3.63) is 29.3 Å². The summed E-state index contributed by atoms with van der Waals surface area (Å²) >= 11 is 1.97. The van der Waals surface area contributed by atoms with E-state index >= 15 is 0 Å². The standard InChI is InChI=1S/C14H19NOS/c1-10-2-5-14(17-13-8-16-9-13)11(6-10)7-15-12-3-4-12/h2,5-6,12-13,15H,3-4,7-9H2,1H3. The zero-order chi connectivity index (χ0) is 11.7. The van der Waals surface area contributed by atoms with Crippen molar-refractivity contribution in [3.8, 4) is 0 Å². The van der Waals surface area contributed by atoms with Gasteiger partial charge in [-0.2, -0.15) is 0 Å². The number of benzene rings is 1. The Labute approximate surface area is 107 Å². The SMILES string of the molecule is Cc1ccc(SC2COC2)c(CNC2CC2)c1. The first kappa shape index (κ1) is 11.6. The molecule has 3 rings (SSSR count). The van der Waals surface area contributed by atoms with Crippen LogP contribution in [0, 0.1) is 6.92 Å². The highest BCUT2D eigenvalue weighted by atomic mass is 32.2. The van der Waals surface area contributed by atoms with E-state index in [0.29, 0.717) is 5.25 Å². The fourth-order valence-corrected chi connectivity index (χ4v) is 3.08. The van der Waals surface area contributed by atoms with Crippen LogP contribution >= 0.6 is 11.8 Å². The Hall–Kier alpha value is -0.510. The van der Waals surface area contributed by atoms with Crippen molar-refractivity contribution in [2.75, 3.05) is 13.2 Å². The molecule has 1 aromatic carbocycles. The van der Waals surface area contributed by atoms with Gasteiger partial charge in [0.05, 0.1) is 18.5 Å². The lowest BCUT2D eigenvalue weighted by atomic mass is 10.1. The maximum absolute atomic E-state index is 5.24. The highest BCUT2D eigenvalue weighted by Gasteiger charge is 2.23. The maximum Gasteiger partial charge on any atom is 0.0611 e. The number of hydrogen-bond donors (Lipinski definition) is 1. The summed E-state index contributed by atoms with van der Waals surface area (Å²) in [5, 5.41) is 4.27. The van der Waals surface area contributed by atoms with Crippen molar-refractivity contribution >= 4 is 11.8 Å². The van der Waals surface area contributed by atoms with Gasteiger partial charge < -0.3 is 10.1 Å². The first-order valence-corrected chi connectivity index (χ1v) is 7.26. The van der Waals surface area contributed by atoms with Gasteiger partial charge in [-0.05, 0) is 31.4 Å². The van der Waals surface area contributed by atoms with Crippen molar-refractivity contribution < 1.29 is 4.74 Å². The summed E-state index contributed by atoms with van der Waals surface area (Å²) in [6.07, 6.45) is 2.70. The number of ether oxygens (including phenoxy) is 1. The summed E-state index contributed by atoms with van der Waals surface area (Å²) in [6.45, 7) is 5.01. The molecule has 0 spiro atoms. The molecule has 1 saturated carbocycles. The molecule has 17 heavy (non-hydrogen) atoms. The summed E-state index contributed by atoms with van der Waals surface area (Å²) in [5.74, 6) is 0. The Bertz CT molecular complexity index is 399. The fourth-order valence-electron chi connectivity index (χ4n) is 1.96. The Morgan fingerprint density at radius 3 is 2.82 bits per heavy atom. The molecule has 0 atom stereocenters. The van der Waals surface area contributed by atoms with Crippen molar-refractivity contribution in [1.82, 2.24) is 5.32 Å². The van der Waals surface area contributed by atoms with Crippen LogP contribution in [0.25, 0.3) is 0 Å². The lowest BCUT2D eigenvalue weighted by molar-refractivity contribution is 0.0455. The lowest BCUT2D eigenvalue weighted by Crippen LogP contribution is -2.30. The van der Waals surface area contributed by atoms with E-state index in [4.69, 9.17) is 4.74 Å². The number of thioether (sulfide) groups is 1. The molecule has 92 valence electrons. The second kappa shape index (κ2) is 5.01. The van der Waals surface area contributed by atoms with E-state index in [1.807, 2.05) is 11.8 Å². The third kappa shape index (κ3) is 3.03. The number of nitrogens with one attached hydrogen (secondary N) is 1. The molecule has 1 saturated heterocycles. The number of hydrogen-bond acceptors (Lipinski definition) is 3. The molecule has 1 N–H and O–H groups in total. The van der Waals surface area contributed by atoms with Gasteiger partial charge in [0.25, 0.3) is 0 Å². The highest BCUT2D eigenvalue weighted by Crippen LogP contribution is 2.31. The Morgan fingerprint density at radius 2 is 2.18 bits per heavy atom. The molecule has 0 unspecified atom stereocenters. The van der Waals surface area contributed by atoms with Crippen LogP contribution < -0.4 is 5.32 Å². The average Bonchev–Trinajstić information content (AvgIpc) is 3.06. The van der Waals surface area contributed by atoms with E-state index in [-0.39, 0.29) is 0 Å². The molecule has 2 aliphatic rings. The van der Waals surface area contributed by atoms with Crippen molar-refractivity contribution in [3.63, 3.8) is 0 Å². The topological polar surface area (TPSA) is 21.3 Å². The van der Waals surface area contributed by atoms with Gasteiger partial charge in [-0.15, -0.1) is 11.8 Å². The second-order valence-corrected chi connectivity index (χ2v) is 6.39. The van der Waals surface area contributed by atoms with E-state index in [1.54, 1.807) is 0 Å². The summed E-state index contributed by atoms with van der Waals surface area (Å²) in [7, 11) is 0. The van der Waals surface area contributed by atoms with Gasteiger partial charge in [-0.3, -0.25) is 0 Å². The number of rotatable bonds is 5. The van der Waals surface area contributed by atoms with Crippen molar-refractivity contribution in [2.45, 2.75) is 42.5 Å². The third-order valence-corrected chi connectivity index (χ3v) is 4.53. The monoisotopic (exact) mass is 249 g/mol. The van der Waals surface area contributed by atoms with Crippen LogP contribution in [0.4, 0.5) is 0 Å². The Kier molecular flexibility index (Phi) is 3.41. The minimum absolute atomic E-state index is 0.664. The van der Waals surface area contributed by atoms with Gasteiger partial charge in [0, 0.05) is 17.5 Å². The predicted octanol–water partition coefficient (Wildman–Crippen LogP) is 2.74. The van der Waals surface area contributed by atoms with Crippen LogP contribution in [-0.4, -0.2) is 24.5 Å². The van der Waals surface area contributed by atoms with E-state index < -0.39 is 0 Å². The predicted molar refractivity (Wildman–Crippen MR) is 71.5 cm³/mol.